The number of rotatable bonds is 2. The summed E-state index contributed by atoms with van der Waals surface area (Å²) in [5, 5.41) is 11.9. The second-order valence-electron chi connectivity index (χ2n) is 7.24. The molecule has 0 spiro atoms. The SMILES string of the molecule is CN1CCN(C(=O)N[C@H](C(=O)O)C(C)(C)C)CC1(C)C. The van der Waals surface area contributed by atoms with E-state index in [2.05, 4.69) is 24.1 Å². The summed E-state index contributed by atoms with van der Waals surface area (Å²) in [5.74, 6) is -1.00. The molecule has 0 bridgehead atoms. The van der Waals surface area contributed by atoms with E-state index in [0.29, 0.717) is 13.1 Å². The first kappa shape index (κ1) is 16.8. The highest BCUT2D eigenvalue weighted by molar-refractivity contribution is 5.83. The molecule has 1 fully saturated rings. The van der Waals surface area contributed by atoms with Gasteiger partial charge in [-0.25, -0.2) is 9.59 Å². The van der Waals surface area contributed by atoms with E-state index in [0.717, 1.165) is 6.54 Å². The van der Waals surface area contributed by atoms with Crippen molar-refractivity contribution in [3.63, 3.8) is 0 Å². The Kier molecular flexibility index (Phi) is 4.69. The summed E-state index contributed by atoms with van der Waals surface area (Å²) in [6.45, 7) is 11.6. The van der Waals surface area contributed by atoms with Crippen molar-refractivity contribution in [3.8, 4) is 0 Å². The largest absolute Gasteiger partial charge is 0.480 e. The number of carboxylic acid groups (broad SMARTS) is 1. The second-order valence-corrected chi connectivity index (χ2v) is 7.24. The van der Waals surface area contributed by atoms with E-state index in [4.69, 9.17) is 0 Å². The first-order valence-corrected chi connectivity index (χ1v) is 6.94. The zero-order valence-corrected chi connectivity index (χ0v) is 13.4. The number of hydrogen-bond donors (Lipinski definition) is 2. The number of aliphatic carboxylic acids is 1. The number of piperazine rings is 1. The summed E-state index contributed by atoms with van der Waals surface area (Å²) in [6, 6.07) is -1.19. The first-order chi connectivity index (χ1) is 8.95. The number of likely N-dealkylation sites (N-methyl/N-ethyl adjacent to an activating group) is 1. The zero-order chi connectivity index (χ0) is 15.7. The Balaban J connectivity index is 2.74. The van der Waals surface area contributed by atoms with E-state index >= 15 is 0 Å². The van der Waals surface area contributed by atoms with Crippen LogP contribution in [0.4, 0.5) is 4.79 Å². The third kappa shape index (κ3) is 3.85. The van der Waals surface area contributed by atoms with Gasteiger partial charge in [-0.2, -0.15) is 0 Å². The minimum absolute atomic E-state index is 0.101. The molecule has 1 aliphatic rings. The minimum atomic E-state index is -1.00. The van der Waals surface area contributed by atoms with Gasteiger partial charge in [-0.05, 0) is 26.3 Å². The van der Waals surface area contributed by atoms with Gasteiger partial charge in [0.2, 0.25) is 0 Å². The van der Waals surface area contributed by atoms with Crippen molar-refractivity contribution < 1.29 is 14.7 Å². The molecule has 1 rings (SSSR count). The highest BCUT2D eigenvalue weighted by atomic mass is 16.4. The topological polar surface area (TPSA) is 72.9 Å². The van der Waals surface area contributed by atoms with Crippen LogP contribution in [0.1, 0.15) is 34.6 Å². The lowest BCUT2D eigenvalue weighted by atomic mass is 9.87. The van der Waals surface area contributed by atoms with Crippen LogP contribution in [0.15, 0.2) is 0 Å². The van der Waals surface area contributed by atoms with Gasteiger partial charge in [0, 0.05) is 25.2 Å². The Morgan fingerprint density at radius 2 is 1.80 bits per heavy atom. The van der Waals surface area contributed by atoms with Gasteiger partial charge in [0.15, 0.2) is 0 Å². The lowest BCUT2D eigenvalue weighted by molar-refractivity contribution is -0.142. The average Bonchev–Trinajstić information content (AvgIpc) is 2.27. The number of nitrogens with zero attached hydrogens (tertiary/aromatic N) is 2. The van der Waals surface area contributed by atoms with Crippen LogP contribution in [-0.4, -0.2) is 65.2 Å². The molecule has 0 radical (unpaired) electrons. The smallest absolute Gasteiger partial charge is 0.326 e. The highest BCUT2D eigenvalue weighted by Gasteiger charge is 2.37. The molecule has 1 atom stereocenters. The highest BCUT2D eigenvalue weighted by Crippen LogP contribution is 2.22. The van der Waals surface area contributed by atoms with Gasteiger partial charge in [-0.1, -0.05) is 20.8 Å². The van der Waals surface area contributed by atoms with Crippen LogP contribution in [0.3, 0.4) is 0 Å². The molecule has 1 aliphatic heterocycles. The molecular formula is C14H27N3O3. The number of carboxylic acids is 1. The van der Waals surface area contributed by atoms with E-state index in [1.54, 1.807) is 25.7 Å². The van der Waals surface area contributed by atoms with Crippen molar-refractivity contribution >= 4 is 12.0 Å². The summed E-state index contributed by atoms with van der Waals surface area (Å²) in [7, 11) is 2.03. The summed E-state index contributed by atoms with van der Waals surface area (Å²) in [4.78, 5) is 27.5. The first-order valence-electron chi connectivity index (χ1n) is 6.94. The Hall–Kier alpha value is -1.30. The van der Waals surface area contributed by atoms with Crippen molar-refractivity contribution in [2.45, 2.75) is 46.2 Å². The molecule has 0 aromatic heterocycles. The van der Waals surface area contributed by atoms with Crippen LogP contribution in [0.2, 0.25) is 0 Å². The standard InChI is InChI=1S/C14H27N3O3/c1-13(2,3)10(11(18)19)15-12(20)17-8-7-16(6)14(4,5)9-17/h10H,7-9H2,1-6H3,(H,15,20)(H,18,19)/t10-/m1/s1. The van der Waals surface area contributed by atoms with Crippen molar-refractivity contribution in [2.75, 3.05) is 26.7 Å². The Morgan fingerprint density at radius 3 is 2.20 bits per heavy atom. The van der Waals surface area contributed by atoms with E-state index in [-0.39, 0.29) is 11.6 Å². The molecule has 0 aromatic rings. The average molecular weight is 285 g/mol. The second kappa shape index (κ2) is 5.60. The normalized spacial score (nSPS) is 21.4. The van der Waals surface area contributed by atoms with Gasteiger partial charge in [0.05, 0.1) is 0 Å². The Morgan fingerprint density at radius 1 is 1.25 bits per heavy atom. The zero-order valence-electron chi connectivity index (χ0n) is 13.4. The molecule has 6 heteroatoms. The van der Waals surface area contributed by atoms with Gasteiger partial charge >= 0.3 is 12.0 Å². The molecule has 0 unspecified atom stereocenters. The fraction of sp³-hybridized carbons (Fsp3) is 0.857. The summed E-state index contributed by atoms with van der Waals surface area (Å²) in [6.07, 6.45) is 0. The van der Waals surface area contributed by atoms with Gasteiger partial charge in [0.1, 0.15) is 6.04 Å². The van der Waals surface area contributed by atoms with Crippen molar-refractivity contribution in [1.29, 1.82) is 0 Å². The lowest BCUT2D eigenvalue weighted by Gasteiger charge is -2.45. The number of carbonyl (C=O) groups excluding carboxylic acids is 1. The molecule has 0 aromatic carbocycles. The quantitative estimate of drug-likeness (QED) is 0.800. The van der Waals surface area contributed by atoms with E-state index in [9.17, 15) is 14.7 Å². The number of amides is 2. The molecule has 2 N–H and O–H groups in total. The number of urea groups is 1. The molecule has 116 valence electrons. The minimum Gasteiger partial charge on any atom is -0.480 e. The predicted octanol–water partition coefficient (Wildman–Crippen LogP) is 1.22. The Bertz CT molecular complexity index is 388. The van der Waals surface area contributed by atoms with Crippen LogP contribution in [0, 0.1) is 5.41 Å². The maximum atomic E-state index is 12.3. The molecule has 6 nitrogen and oxygen atoms in total. The fourth-order valence-electron chi connectivity index (χ4n) is 2.28. The third-order valence-electron chi connectivity index (χ3n) is 3.98. The monoisotopic (exact) mass is 285 g/mol. The molecule has 2 amide bonds. The van der Waals surface area contributed by atoms with Crippen molar-refractivity contribution in [3.05, 3.63) is 0 Å². The molecular weight excluding hydrogens is 258 g/mol. The predicted molar refractivity (Wildman–Crippen MR) is 77.7 cm³/mol. The van der Waals surface area contributed by atoms with Gasteiger partial charge in [-0.3, -0.25) is 4.90 Å². The van der Waals surface area contributed by atoms with E-state index in [1.807, 2.05) is 7.05 Å². The third-order valence-corrected chi connectivity index (χ3v) is 3.98. The van der Waals surface area contributed by atoms with Crippen molar-refractivity contribution in [2.24, 2.45) is 5.41 Å². The van der Waals surface area contributed by atoms with Gasteiger partial charge < -0.3 is 15.3 Å². The van der Waals surface area contributed by atoms with Gasteiger partial charge in [-0.15, -0.1) is 0 Å². The molecule has 20 heavy (non-hydrogen) atoms. The van der Waals surface area contributed by atoms with Crippen LogP contribution in [-0.2, 0) is 4.79 Å². The molecule has 0 saturated carbocycles. The number of nitrogens with one attached hydrogen (secondary N) is 1. The van der Waals surface area contributed by atoms with Crippen LogP contribution >= 0.6 is 0 Å². The Labute approximate surface area is 121 Å². The van der Waals surface area contributed by atoms with Crippen LogP contribution in [0.5, 0.6) is 0 Å². The summed E-state index contributed by atoms with van der Waals surface area (Å²) >= 11 is 0. The van der Waals surface area contributed by atoms with E-state index in [1.165, 1.54) is 0 Å². The molecule has 0 aliphatic carbocycles. The summed E-state index contributed by atoms with van der Waals surface area (Å²) in [5.41, 5.74) is -0.625. The fourth-order valence-corrected chi connectivity index (χ4v) is 2.28. The number of carbonyl (C=O) groups is 2. The van der Waals surface area contributed by atoms with Crippen LogP contribution < -0.4 is 5.32 Å². The molecule has 1 saturated heterocycles. The number of hydrogen-bond acceptors (Lipinski definition) is 3. The lowest BCUT2D eigenvalue weighted by Crippen LogP contribution is -2.62. The van der Waals surface area contributed by atoms with Crippen LogP contribution in [0.25, 0.3) is 0 Å². The maximum absolute atomic E-state index is 12.3. The van der Waals surface area contributed by atoms with Gasteiger partial charge in [0.25, 0.3) is 0 Å². The van der Waals surface area contributed by atoms with E-state index < -0.39 is 17.4 Å². The van der Waals surface area contributed by atoms with Crippen molar-refractivity contribution in [1.82, 2.24) is 15.1 Å². The maximum Gasteiger partial charge on any atom is 0.326 e. The summed E-state index contributed by atoms with van der Waals surface area (Å²) < 4.78 is 0. The molecule has 1 heterocycles.